The topological polar surface area (TPSA) is 93.9 Å². The van der Waals surface area contributed by atoms with E-state index in [4.69, 9.17) is 9.15 Å². The van der Waals surface area contributed by atoms with Crippen molar-refractivity contribution in [3.05, 3.63) is 81.2 Å². The Bertz CT molecular complexity index is 1190. The number of benzene rings is 2. The smallest absolute Gasteiger partial charge is 0.338 e. The number of amides is 2. The maximum absolute atomic E-state index is 12.4. The van der Waals surface area contributed by atoms with E-state index in [-0.39, 0.29) is 37.8 Å². The summed E-state index contributed by atoms with van der Waals surface area (Å²) in [6.07, 6.45) is 0.491. The number of imide groups is 1. The van der Waals surface area contributed by atoms with E-state index >= 15 is 0 Å². The summed E-state index contributed by atoms with van der Waals surface area (Å²) in [5.41, 5.74) is 2.55. The van der Waals surface area contributed by atoms with Crippen molar-refractivity contribution in [2.24, 2.45) is 0 Å². The first-order valence-corrected chi connectivity index (χ1v) is 9.53. The highest BCUT2D eigenvalue weighted by Gasteiger charge is 2.28. The van der Waals surface area contributed by atoms with E-state index in [2.05, 4.69) is 0 Å². The number of carbonyl (C=O) groups excluding carboxylic acids is 3. The Morgan fingerprint density at radius 2 is 1.70 bits per heavy atom. The standard InChI is InChI=1S/C23H19NO6/c1-14-2-7-18-17(11-22(27)30-19(18)10-14)13-29-23(28)16-5-3-15(4-6-16)12-24-20(25)8-9-21(24)26/h2-7,10-11H,8-9,12-13H2,1H3. The van der Waals surface area contributed by atoms with E-state index in [0.29, 0.717) is 22.1 Å². The molecule has 0 unspecified atom stereocenters. The normalized spacial score (nSPS) is 13.8. The quantitative estimate of drug-likeness (QED) is 0.368. The van der Waals surface area contributed by atoms with Gasteiger partial charge in [-0.2, -0.15) is 0 Å². The van der Waals surface area contributed by atoms with Crippen LogP contribution in [0.2, 0.25) is 0 Å². The average molecular weight is 405 g/mol. The van der Waals surface area contributed by atoms with Crippen molar-refractivity contribution in [3.63, 3.8) is 0 Å². The molecule has 0 N–H and O–H groups in total. The molecule has 1 aliphatic heterocycles. The molecule has 2 heterocycles. The van der Waals surface area contributed by atoms with Crippen LogP contribution in [0, 0.1) is 6.92 Å². The lowest BCUT2D eigenvalue weighted by atomic mass is 10.1. The van der Waals surface area contributed by atoms with E-state index in [1.54, 1.807) is 30.3 Å². The van der Waals surface area contributed by atoms with Crippen LogP contribution in [-0.2, 0) is 27.5 Å². The number of fused-ring (bicyclic) bond motifs is 1. The van der Waals surface area contributed by atoms with Gasteiger partial charge in [0.15, 0.2) is 0 Å². The van der Waals surface area contributed by atoms with Crippen LogP contribution >= 0.6 is 0 Å². The Morgan fingerprint density at radius 3 is 2.40 bits per heavy atom. The van der Waals surface area contributed by atoms with Gasteiger partial charge < -0.3 is 9.15 Å². The van der Waals surface area contributed by atoms with Gasteiger partial charge in [-0.15, -0.1) is 0 Å². The molecule has 30 heavy (non-hydrogen) atoms. The third-order valence-corrected chi connectivity index (χ3v) is 5.03. The Labute approximate surface area is 171 Å². The highest BCUT2D eigenvalue weighted by Crippen LogP contribution is 2.20. The number of carbonyl (C=O) groups is 3. The van der Waals surface area contributed by atoms with Gasteiger partial charge in [0.25, 0.3) is 0 Å². The van der Waals surface area contributed by atoms with Gasteiger partial charge in [0, 0.05) is 29.9 Å². The second kappa shape index (κ2) is 7.94. The van der Waals surface area contributed by atoms with Gasteiger partial charge in [0.05, 0.1) is 12.1 Å². The highest BCUT2D eigenvalue weighted by molar-refractivity contribution is 6.01. The van der Waals surface area contributed by atoms with Gasteiger partial charge in [-0.1, -0.05) is 24.3 Å². The van der Waals surface area contributed by atoms with Crippen LogP contribution in [0.3, 0.4) is 0 Å². The Kier molecular flexibility index (Phi) is 5.18. The van der Waals surface area contributed by atoms with Crippen LogP contribution < -0.4 is 5.63 Å². The maximum atomic E-state index is 12.4. The summed E-state index contributed by atoms with van der Waals surface area (Å²) >= 11 is 0. The summed E-state index contributed by atoms with van der Waals surface area (Å²) < 4.78 is 10.6. The van der Waals surface area contributed by atoms with E-state index in [0.717, 1.165) is 11.1 Å². The molecule has 7 heteroatoms. The summed E-state index contributed by atoms with van der Waals surface area (Å²) in [5, 5.41) is 0.711. The first kappa shape index (κ1) is 19.6. The fraction of sp³-hybridized carbons (Fsp3) is 0.217. The van der Waals surface area contributed by atoms with Crippen molar-refractivity contribution in [2.75, 3.05) is 0 Å². The van der Waals surface area contributed by atoms with Crippen molar-refractivity contribution in [3.8, 4) is 0 Å². The maximum Gasteiger partial charge on any atom is 0.338 e. The van der Waals surface area contributed by atoms with E-state index in [1.807, 2.05) is 19.1 Å². The molecule has 0 bridgehead atoms. The van der Waals surface area contributed by atoms with E-state index in [9.17, 15) is 19.2 Å². The minimum atomic E-state index is -0.539. The van der Waals surface area contributed by atoms with Gasteiger partial charge in [-0.3, -0.25) is 14.5 Å². The number of esters is 1. The molecule has 1 saturated heterocycles. The van der Waals surface area contributed by atoms with Crippen molar-refractivity contribution < 1.29 is 23.5 Å². The minimum Gasteiger partial charge on any atom is -0.457 e. The van der Waals surface area contributed by atoms with Crippen LogP contribution in [-0.4, -0.2) is 22.7 Å². The third kappa shape index (κ3) is 4.00. The predicted molar refractivity (Wildman–Crippen MR) is 108 cm³/mol. The highest BCUT2D eigenvalue weighted by atomic mass is 16.5. The van der Waals surface area contributed by atoms with Crippen molar-refractivity contribution in [1.29, 1.82) is 0 Å². The number of ether oxygens (including phenoxy) is 1. The van der Waals surface area contributed by atoms with Crippen LogP contribution in [0.1, 0.15) is 39.9 Å². The average Bonchev–Trinajstić information content (AvgIpc) is 3.04. The molecule has 0 atom stereocenters. The molecular weight excluding hydrogens is 386 g/mol. The molecular formula is C23H19NO6. The molecule has 0 radical (unpaired) electrons. The van der Waals surface area contributed by atoms with Crippen LogP contribution in [0.4, 0.5) is 0 Å². The van der Waals surface area contributed by atoms with Gasteiger partial charge >= 0.3 is 11.6 Å². The lowest BCUT2D eigenvalue weighted by Crippen LogP contribution is -2.28. The Balaban J connectivity index is 1.45. The molecule has 1 aliphatic rings. The molecule has 0 aliphatic carbocycles. The van der Waals surface area contributed by atoms with Gasteiger partial charge in [0.2, 0.25) is 11.8 Å². The molecule has 3 aromatic rings. The largest absolute Gasteiger partial charge is 0.457 e. The molecule has 4 rings (SSSR count). The molecule has 1 fully saturated rings. The second-order valence-electron chi connectivity index (χ2n) is 7.24. The Hall–Kier alpha value is -3.74. The van der Waals surface area contributed by atoms with Crippen molar-refractivity contribution >= 4 is 28.8 Å². The van der Waals surface area contributed by atoms with Crippen molar-refractivity contribution in [2.45, 2.75) is 32.9 Å². The number of aryl methyl sites for hydroxylation is 1. The molecule has 0 spiro atoms. The SMILES string of the molecule is Cc1ccc2c(COC(=O)c3ccc(CN4C(=O)CCC4=O)cc3)cc(=O)oc2c1. The summed E-state index contributed by atoms with van der Waals surface area (Å²) in [6.45, 7) is 2.02. The summed E-state index contributed by atoms with van der Waals surface area (Å²) in [4.78, 5) is 48.9. The molecule has 0 saturated carbocycles. The zero-order valence-corrected chi connectivity index (χ0v) is 16.3. The summed E-state index contributed by atoms with van der Waals surface area (Å²) in [6, 6.07) is 13.3. The lowest BCUT2D eigenvalue weighted by Gasteiger charge is -2.14. The fourth-order valence-electron chi connectivity index (χ4n) is 3.41. The first-order valence-electron chi connectivity index (χ1n) is 9.53. The summed E-state index contributed by atoms with van der Waals surface area (Å²) in [7, 11) is 0. The predicted octanol–water partition coefficient (Wildman–Crippen LogP) is 3.11. The number of hydrogen-bond acceptors (Lipinski definition) is 6. The first-order chi connectivity index (χ1) is 14.4. The third-order valence-electron chi connectivity index (χ3n) is 5.03. The van der Waals surface area contributed by atoms with Gasteiger partial charge in [0.1, 0.15) is 12.2 Å². The number of nitrogens with zero attached hydrogens (tertiary/aromatic N) is 1. The molecule has 2 aromatic carbocycles. The Morgan fingerprint density at radius 1 is 1.00 bits per heavy atom. The second-order valence-corrected chi connectivity index (χ2v) is 7.24. The number of rotatable bonds is 5. The van der Waals surface area contributed by atoms with Crippen molar-refractivity contribution in [1.82, 2.24) is 4.90 Å². The lowest BCUT2D eigenvalue weighted by molar-refractivity contribution is -0.139. The number of hydrogen-bond donors (Lipinski definition) is 0. The van der Waals surface area contributed by atoms with Crippen LogP contribution in [0.5, 0.6) is 0 Å². The van der Waals surface area contributed by atoms with Gasteiger partial charge in [-0.25, -0.2) is 9.59 Å². The molecule has 2 amide bonds. The van der Waals surface area contributed by atoms with Crippen LogP contribution in [0.25, 0.3) is 11.0 Å². The monoisotopic (exact) mass is 405 g/mol. The summed E-state index contributed by atoms with van der Waals surface area (Å²) in [5.74, 6) is -0.903. The van der Waals surface area contributed by atoms with Crippen LogP contribution in [0.15, 0.2) is 57.7 Å². The van der Waals surface area contributed by atoms with E-state index in [1.165, 1.54) is 11.0 Å². The zero-order valence-electron chi connectivity index (χ0n) is 16.3. The molecule has 1 aromatic heterocycles. The van der Waals surface area contributed by atoms with Gasteiger partial charge in [-0.05, 0) is 36.2 Å². The number of likely N-dealkylation sites (tertiary alicyclic amines) is 1. The minimum absolute atomic E-state index is 0.0669. The molecule has 152 valence electrons. The zero-order chi connectivity index (χ0) is 21.3. The van der Waals surface area contributed by atoms with E-state index < -0.39 is 11.6 Å². The molecule has 7 nitrogen and oxygen atoms in total. The fourth-order valence-corrected chi connectivity index (χ4v) is 3.41.